The van der Waals surface area contributed by atoms with Crippen LogP contribution in [-0.2, 0) is 147 Å². The fourth-order valence-electron chi connectivity index (χ4n) is 13.7. The molecule has 54 heteroatoms. The number of amides is 13. The molecule has 50 nitrogen and oxygen atoms in total. The first-order chi connectivity index (χ1) is 68.0. The van der Waals surface area contributed by atoms with Crippen LogP contribution in [0, 0.1) is 17.8 Å². The van der Waals surface area contributed by atoms with Crippen molar-refractivity contribution in [2.45, 2.75) is 119 Å². The molecule has 0 spiro atoms. The quantitative estimate of drug-likeness (QED) is 0.0167. The van der Waals surface area contributed by atoms with E-state index in [2.05, 4.69) is 86.5 Å². The lowest BCUT2D eigenvalue weighted by atomic mass is 9.86. The molecule has 1 fully saturated rings. The number of hydrazine groups is 2. The van der Waals surface area contributed by atoms with Crippen LogP contribution in [0.25, 0.3) is 10.9 Å². The molecule has 2 bridgehead atoms. The molecule has 0 radical (unpaired) electrons. The fourth-order valence-corrected chi connectivity index (χ4v) is 17.0. The van der Waals surface area contributed by atoms with Crippen LogP contribution >= 0.6 is 35.3 Å². The van der Waals surface area contributed by atoms with Crippen LogP contribution in [0.3, 0.4) is 0 Å². The summed E-state index contributed by atoms with van der Waals surface area (Å²) in [6, 6.07) is -5.52. The Morgan fingerprint density at radius 2 is 1.20 bits per heavy atom. The Morgan fingerprint density at radius 3 is 1.77 bits per heavy atom. The molecule has 13 amide bonds. The normalized spacial score (nSPS) is 19.5. The van der Waals surface area contributed by atoms with E-state index >= 15 is 4.21 Å². The summed E-state index contributed by atoms with van der Waals surface area (Å²) in [5.74, 6) is -12.0. The van der Waals surface area contributed by atoms with Crippen molar-refractivity contribution in [2.75, 3.05) is 267 Å². The molecule has 4 aliphatic heterocycles. The number of nitrogens with zero attached hydrogens (tertiary/aromatic N) is 3. The molecule has 798 valence electrons. The predicted molar refractivity (Wildman–Crippen MR) is 517 cm³/mol. The number of aromatic amines is 1. The van der Waals surface area contributed by atoms with E-state index < -0.39 is 218 Å². The highest BCUT2D eigenvalue weighted by atomic mass is 32.2. The van der Waals surface area contributed by atoms with Crippen molar-refractivity contribution in [2.24, 2.45) is 28.6 Å². The number of benzene rings is 1. The van der Waals surface area contributed by atoms with Crippen molar-refractivity contribution in [3.8, 4) is 5.75 Å². The summed E-state index contributed by atoms with van der Waals surface area (Å²) in [5.41, 5.74) is 13.9. The van der Waals surface area contributed by atoms with Crippen LogP contribution in [0.1, 0.15) is 70.9 Å². The van der Waals surface area contributed by atoms with Gasteiger partial charge in [-0.15, -0.1) is 5.53 Å². The zero-order chi connectivity index (χ0) is 103. The van der Waals surface area contributed by atoms with Crippen molar-refractivity contribution in [3.63, 3.8) is 0 Å². The van der Waals surface area contributed by atoms with E-state index in [1.54, 1.807) is 67.8 Å². The van der Waals surface area contributed by atoms with Gasteiger partial charge in [-0.25, -0.2) is 4.79 Å². The third-order valence-electron chi connectivity index (χ3n) is 21.3. The van der Waals surface area contributed by atoms with E-state index in [4.69, 9.17) is 72.2 Å². The average molecular weight is 2080 g/mol. The highest BCUT2D eigenvalue weighted by Gasteiger charge is 2.46. The number of rotatable bonds is 63. The lowest BCUT2D eigenvalue weighted by Gasteiger charge is -2.32. The molecule has 4 aliphatic rings. The molecule has 1 aromatic heterocycles. The number of aliphatic hydroxyl groups is 3. The first-order valence-electron chi connectivity index (χ1n) is 46.4. The summed E-state index contributed by atoms with van der Waals surface area (Å²) >= 11 is 4.62. The number of ketones is 1. The molecule has 1 saturated heterocycles. The first-order valence-corrected chi connectivity index (χ1v) is 51.6. The number of alkyl carbamates (subject to hydrolysis) is 1. The Kier molecular flexibility index (Phi) is 62.2. The number of Topliss-reactive ketones (excluding diaryl/α,β-unsaturated/α-hetero) is 1. The smallest absolute Gasteiger partial charge is 0.407 e. The molecular weight excluding hydrogens is 1940 g/mol. The van der Waals surface area contributed by atoms with Crippen LogP contribution in [0.15, 0.2) is 34.2 Å². The summed E-state index contributed by atoms with van der Waals surface area (Å²) in [5, 5.41) is 65.1. The molecule has 1 unspecified atom stereocenters. The summed E-state index contributed by atoms with van der Waals surface area (Å²) in [6.45, 7) is 12.8. The van der Waals surface area contributed by atoms with Gasteiger partial charge in [0.25, 0.3) is 5.91 Å². The minimum absolute atomic E-state index is 0.0149. The van der Waals surface area contributed by atoms with E-state index in [9.17, 15) is 82.4 Å². The summed E-state index contributed by atoms with van der Waals surface area (Å²) < 4.78 is 86.3. The number of carbonyl (C=O) groups excluding carboxylic acids is 14. The Hall–Kier alpha value is -9.45. The van der Waals surface area contributed by atoms with Crippen molar-refractivity contribution in [3.05, 3.63) is 35.2 Å². The Labute approximate surface area is 834 Å². The summed E-state index contributed by atoms with van der Waals surface area (Å²) in [4.78, 5) is 196. The minimum atomic E-state index is -2.42. The number of oxime groups is 1. The number of methoxy groups -OCH3 is 2. The van der Waals surface area contributed by atoms with Gasteiger partial charge in [-0.1, -0.05) is 39.3 Å². The van der Waals surface area contributed by atoms with Gasteiger partial charge in [-0.05, 0) is 42.5 Å². The number of hydrogen-bond donors (Lipinski definition) is 18. The number of aliphatic hydroxyl groups excluding tert-OH is 3. The number of fused-ring (bicyclic) bond motifs is 5. The van der Waals surface area contributed by atoms with E-state index in [-0.39, 0.29) is 55.7 Å². The molecule has 19 N–H and O–H groups in total. The van der Waals surface area contributed by atoms with Gasteiger partial charge in [0.2, 0.25) is 65.0 Å². The number of primary amides is 1. The second kappa shape index (κ2) is 71.9. The fraction of sp³-hybridized carbons (Fsp3) is 0.713. The minimum Gasteiger partial charge on any atom is -0.496 e. The van der Waals surface area contributed by atoms with Gasteiger partial charge in [0.15, 0.2) is 12.4 Å². The monoisotopic (exact) mass is 2080 g/mol. The molecule has 11 atom stereocenters. The van der Waals surface area contributed by atoms with E-state index in [1.165, 1.54) is 25.8 Å². The standard InChI is InChI=1S/C59H93N9O21S2.C28H51N9O11S2/c1-6-10-83-11-12-84-13-14-85-15-16-86-17-18-87-19-20-88-21-22-89-23-24-90-33-42-48(82-5)9-8-39-41-27-43-54(76)61-29-37(70)25-40(35(3)7-2)53(75)62-30-50(74)63-45(34-91(81)58(41)67-52(39)42)55(77)65-44(28-49(60)73)59(80)68-31-38(71)26-46(68)56(78)66-51(57(79)64-43)36(4)47(72)32-69;1-43-8-9-45-12-13-46-11-10-44-7-6-37-17-22(34-36-37)18-47-28(42)30-5-4-29-24(38)14-31-25(39)15-32-26(40)16-33-27(41)19-48-35-23(20-49-2)21-50-3/h8-9,35-36,38,40,43-47,51,67,69,71-72H,6-7,10-34H2,1-5H3,(H2,60,73)(H,61,76)(H,62,75)(H,63,74)(H,64,79)(H,65,77)(H,66,78);17,34,36H,4-16,18-21H2,1-3H3,(H,29,38)(H,30,42)(H,31,39)(H,32,40)(H,33,41)/t35-,36-,38+,40-,43-,44-,45+,46-,47-,51-,91?;/m0./s1. The third kappa shape index (κ3) is 48.7. The van der Waals surface area contributed by atoms with Gasteiger partial charge in [-0.2, -0.15) is 35.3 Å². The zero-order valence-corrected chi connectivity index (χ0v) is 84.6. The number of nitrogens with one attached hydrogen (secondary N) is 14. The number of hydrogen-bond acceptors (Lipinski definition) is 39. The third-order valence-corrected chi connectivity index (χ3v) is 24.9. The van der Waals surface area contributed by atoms with Gasteiger partial charge >= 0.3 is 6.09 Å². The number of carbonyl (C=O) groups is 14. The lowest BCUT2D eigenvalue weighted by molar-refractivity contribution is -0.144. The molecule has 141 heavy (non-hydrogen) atoms. The van der Waals surface area contributed by atoms with Crippen LogP contribution in [0.5, 0.6) is 5.75 Å². The van der Waals surface area contributed by atoms with E-state index in [1.807, 2.05) is 12.5 Å². The van der Waals surface area contributed by atoms with Crippen LogP contribution < -0.4 is 79.9 Å². The molecule has 0 aliphatic carbocycles. The van der Waals surface area contributed by atoms with Crippen molar-refractivity contribution in [1.29, 1.82) is 0 Å². The SMILES string of the molecule is CCCOCCOCCOCCOCCOCCOCCOCCSCc1c(OC)ccc2c3c([nH]c12)S(=O)C[C@H]1NC(=O)CNC(=O)[C@H]([C@@H](C)CC)CC(=O)CNC(=O)[C@H](C3)NC(=O)[C@H]([C@@H](C)[C@@H](O)CO)NC(=O)[C@@H]2C[C@@H](O)CN2C(=O)[C@H](CC(N)=O)NC1=O.COCCOCCOCCOCCN1C=C(COC(=O)NCCNC(=O)CNC(=O)CNC(=O)CNC(=O)CON=C(CSC)CSC)NN1. The van der Waals surface area contributed by atoms with Gasteiger partial charge in [0.1, 0.15) is 47.6 Å². The lowest BCUT2D eigenvalue weighted by Crippen LogP contribution is -2.62. The van der Waals surface area contributed by atoms with Crippen LogP contribution in [-0.4, -0.2) is 433 Å². The molecule has 5 heterocycles. The highest BCUT2D eigenvalue weighted by Crippen LogP contribution is 2.37. The van der Waals surface area contributed by atoms with E-state index in [0.717, 1.165) is 23.6 Å². The van der Waals surface area contributed by atoms with Gasteiger partial charge in [0, 0.05) is 105 Å². The topological polar surface area (TPSA) is 663 Å². The van der Waals surface area contributed by atoms with Crippen LogP contribution in [0.2, 0.25) is 0 Å². The Balaban J connectivity index is 0.000000592. The molecular formula is C87H144N18O32S4. The summed E-state index contributed by atoms with van der Waals surface area (Å²) in [6.07, 6.45) is 1.10. The van der Waals surface area contributed by atoms with Crippen molar-refractivity contribution in [1.82, 2.24) is 84.3 Å². The number of thioether (sulfide) groups is 3. The number of aromatic nitrogens is 1. The number of H-pyrrole nitrogens is 1. The van der Waals surface area contributed by atoms with Crippen LogP contribution in [0.4, 0.5) is 4.79 Å². The largest absolute Gasteiger partial charge is 0.496 e. The van der Waals surface area contributed by atoms with Gasteiger partial charge < -0.3 is 161 Å². The first kappa shape index (κ1) is 122. The van der Waals surface area contributed by atoms with Crippen molar-refractivity contribution < 1.29 is 153 Å². The van der Waals surface area contributed by atoms with Gasteiger partial charge in [-0.3, -0.25) is 71.5 Å². The van der Waals surface area contributed by atoms with Crippen molar-refractivity contribution >= 4 is 145 Å². The number of nitrogens with two attached hydrogens (primary N) is 1. The second-order valence-electron chi connectivity index (χ2n) is 32.1. The molecule has 2 aromatic rings. The Morgan fingerprint density at radius 1 is 0.638 bits per heavy atom. The average Bonchev–Trinajstić information content (AvgIpc) is 1.64. The predicted octanol–water partition coefficient (Wildman–Crippen LogP) is -5.63. The molecule has 0 saturated carbocycles. The molecule has 1 aromatic carbocycles. The highest BCUT2D eigenvalue weighted by molar-refractivity contribution is 8.00. The van der Waals surface area contributed by atoms with Gasteiger partial charge in [0.05, 0.1) is 237 Å². The molecule has 6 rings (SSSR count). The summed E-state index contributed by atoms with van der Waals surface area (Å²) in [7, 11) is 0.639. The maximum absolute atomic E-state index is 15.3. The maximum Gasteiger partial charge on any atom is 0.407 e. The van der Waals surface area contributed by atoms with E-state index in [0.29, 0.717) is 190 Å². The second-order valence-corrected chi connectivity index (χ2v) is 36.4. The zero-order valence-electron chi connectivity index (χ0n) is 81.4. The number of ether oxygens (including phenoxy) is 13. The Bertz CT molecular complexity index is 4280. The maximum atomic E-state index is 15.3.